The number of hydrogen-bond acceptors (Lipinski definition) is 2. The van der Waals surface area contributed by atoms with E-state index in [0.717, 1.165) is 33.5 Å². The maximum absolute atomic E-state index is 5.52. The van der Waals surface area contributed by atoms with E-state index in [1.165, 1.54) is 0 Å². The van der Waals surface area contributed by atoms with Crippen molar-refractivity contribution in [3.8, 4) is 0 Å². The van der Waals surface area contributed by atoms with Crippen molar-refractivity contribution in [1.82, 2.24) is 0 Å². The molecule has 4 aromatic rings. The Bertz CT molecular complexity index is 1090. The van der Waals surface area contributed by atoms with Crippen LogP contribution in [0.2, 0.25) is 0 Å². The first-order chi connectivity index (χ1) is 14.7. The summed E-state index contributed by atoms with van der Waals surface area (Å²) >= 11 is 11.0. The minimum absolute atomic E-state index is 0.522. The van der Waals surface area contributed by atoms with Gasteiger partial charge < -0.3 is 21.3 Å². The van der Waals surface area contributed by atoms with E-state index in [2.05, 4.69) is 33.4 Å². The van der Waals surface area contributed by atoms with Gasteiger partial charge in [0.05, 0.1) is 11.4 Å². The fourth-order valence-corrected chi connectivity index (χ4v) is 3.62. The van der Waals surface area contributed by atoms with Gasteiger partial charge >= 0.3 is 0 Å². The second-order valence-electron chi connectivity index (χ2n) is 6.60. The zero-order chi connectivity index (χ0) is 20.8. The fourth-order valence-electron chi connectivity index (χ4n) is 3.16. The Morgan fingerprint density at radius 1 is 0.467 bits per heavy atom. The summed E-state index contributed by atoms with van der Waals surface area (Å²) in [6.45, 7) is 0. The summed E-state index contributed by atoms with van der Waals surface area (Å²) in [5.74, 6) is 0. The molecular formula is C24H20N4S2. The molecule has 4 N–H and O–H groups in total. The molecule has 0 amide bonds. The first-order valence-electron chi connectivity index (χ1n) is 9.47. The topological polar surface area (TPSA) is 48.1 Å². The third kappa shape index (κ3) is 4.92. The molecule has 0 atom stereocenters. The van der Waals surface area contributed by atoms with E-state index < -0.39 is 0 Å². The lowest BCUT2D eigenvalue weighted by Crippen LogP contribution is -2.21. The Hall–Kier alpha value is -3.48. The highest BCUT2D eigenvalue weighted by molar-refractivity contribution is 7.81. The molecule has 148 valence electrons. The van der Waals surface area contributed by atoms with Gasteiger partial charge in [-0.2, -0.15) is 0 Å². The molecule has 0 fully saturated rings. The number of benzene rings is 4. The first-order valence-corrected chi connectivity index (χ1v) is 10.3. The van der Waals surface area contributed by atoms with E-state index in [0.29, 0.717) is 10.2 Å². The van der Waals surface area contributed by atoms with Gasteiger partial charge in [-0.15, -0.1) is 0 Å². The molecule has 30 heavy (non-hydrogen) atoms. The Morgan fingerprint density at radius 2 is 0.900 bits per heavy atom. The predicted octanol–water partition coefficient (Wildman–Crippen LogP) is 6.46. The van der Waals surface area contributed by atoms with E-state index >= 15 is 0 Å². The number of para-hydroxylation sites is 2. The van der Waals surface area contributed by atoms with E-state index in [1.54, 1.807) is 0 Å². The van der Waals surface area contributed by atoms with E-state index in [4.69, 9.17) is 24.4 Å². The Kier molecular flexibility index (Phi) is 6.17. The van der Waals surface area contributed by atoms with Gasteiger partial charge in [-0.3, -0.25) is 0 Å². The van der Waals surface area contributed by atoms with Crippen LogP contribution in [0.3, 0.4) is 0 Å². The largest absolute Gasteiger partial charge is 0.332 e. The van der Waals surface area contributed by atoms with Crippen molar-refractivity contribution in [3.05, 3.63) is 97.1 Å². The van der Waals surface area contributed by atoms with Gasteiger partial charge in [-0.25, -0.2) is 0 Å². The fraction of sp³-hybridized carbons (Fsp3) is 0. The standard InChI is InChI=1S/C24H20N4S2/c29-23(25-18-11-3-1-4-12-18)27-20-15-7-9-17-10-8-16-21(22(17)20)28-24(30)26-19-13-5-2-6-14-19/h1-16H,(H2,25,27,29)(H2,26,28,30). The molecule has 4 aromatic carbocycles. The van der Waals surface area contributed by atoms with Crippen LogP contribution in [0.15, 0.2) is 97.1 Å². The van der Waals surface area contributed by atoms with Gasteiger partial charge in [-0.1, -0.05) is 60.7 Å². The van der Waals surface area contributed by atoms with Crippen molar-refractivity contribution in [3.63, 3.8) is 0 Å². The SMILES string of the molecule is S=C(Nc1ccccc1)Nc1cccc2cccc(NC(=S)Nc3ccccc3)c12. The summed E-state index contributed by atoms with van der Waals surface area (Å²) in [5.41, 5.74) is 3.65. The van der Waals surface area contributed by atoms with Crippen LogP contribution in [0.4, 0.5) is 22.7 Å². The van der Waals surface area contributed by atoms with Crippen molar-refractivity contribution >= 4 is 68.2 Å². The average molecular weight is 429 g/mol. The third-order valence-corrected chi connectivity index (χ3v) is 4.87. The number of hydrogen-bond donors (Lipinski definition) is 4. The first kappa shape index (κ1) is 19.8. The zero-order valence-corrected chi connectivity index (χ0v) is 17.7. The molecule has 0 bridgehead atoms. The lowest BCUT2D eigenvalue weighted by atomic mass is 10.1. The molecular weight excluding hydrogens is 408 g/mol. The van der Waals surface area contributed by atoms with Crippen LogP contribution in [-0.2, 0) is 0 Å². The van der Waals surface area contributed by atoms with E-state index in [1.807, 2.05) is 84.9 Å². The lowest BCUT2D eigenvalue weighted by molar-refractivity contribution is 1.60. The van der Waals surface area contributed by atoms with Crippen LogP contribution in [0.5, 0.6) is 0 Å². The summed E-state index contributed by atoms with van der Waals surface area (Å²) < 4.78 is 0. The number of thiocarbonyl (C=S) groups is 2. The normalized spacial score (nSPS) is 10.3. The lowest BCUT2D eigenvalue weighted by Gasteiger charge is -2.17. The van der Waals surface area contributed by atoms with Gasteiger partial charge in [0.15, 0.2) is 10.2 Å². The summed E-state index contributed by atoms with van der Waals surface area (Å²) in [4.78, 5) is 0. The second kappa shape index (κ2) is 9.35. The van der Waals surface area contributed by atoms with Gasteiger partial charge in [0.25, 0.3) is 0 Å². The number of rotatable bonds is 4. The Morgan fingerprint density at radius 3 is 1.33 bits per heavy atom. The van der Waals surface area contributed by atoms with Gasteiger partial charge in [-0.05, 0) is 66.2 Å². The van der Waals surface area contributed by atoms with Crippen LogP contribution in [-0.4, -0.2) is 10.2 Å². The van der Waals surface area contributed by atoms with Crippen LogP contribution in [0.25, 0.3) is 10.8 Å². The minimum Gasteiger partial charge on any atom is -0.332 e. The molecule has 0 saturated heterocycles. The molecule has 6 heteroatoms. The number of anilines is 4. The van der Waals surface area contributed by atoms with Crippen LogP contribution < -0.4 is 21.3 Å². The molecule has 0 unspecified atom stereocenters. The van der Waals surface area contributed by atoms with Gasteiger partial charge in [0.1, 0.15) is 0 Å². The average Bonchev–Trinajstić information content (AvgIpc) is 2.75. The molecule has 0 aliphatic heterocycles. The van der Waals surface area contributed by atoms with Crippen molar-refractivity contribution in [2.45, 2.75) is 0 Å². The molecule has 4 nitrogen and oxygen atoms in total. The van der Waals surface area contributed by atoms with Crippen molar-refractivity contribution in [2.75, 3.05) is 21.3 Å². The zero-order valence-electron chi connectivity index (χ0n) is 16.1. The minimum atomic E-state index is 0.522. The quantitative estimate of drug-likeness (QED) is 0.280. The summed E-state index contributed by atoms with van der Waals surface area (Å²) in [7, 11) is 0. The molecule has 0 aliphatic carbocycles. The molecule has 0 saturated carbocycles. The van der Waals surface area contributed by atoms with Crippen LogP contribution in [0.1, 0.15) is 0 Å². The third-order valence-electron chi connectivity index (χ3n) is 4.46. The van der Waals surface area contributed by atoms with Crippen molar-refractivity contribution < 1.29 is 0 Å². The van der Waals surface area contributed by atoms with Gasteiger partial charge in [0, 0.05) is 16.8 Å². The second-order valence-corrected chi connectivity index (χ2v) is 7.42. The summed E-state index contributed by atoms with van der Waals surface area (Å²) in [6.07, 6.45) is 0. The van der Waals surface area contributed by atoms with Crippen LogP contribution in [0, 0.1) is 0 Å². The van der Waals surface area contributed by atoms with Crippen LogP contribution >= 0.6 is 24.4 Å². The number of fused-ring (bicyclic) bond motifs is 1. The monoisotopic (exact) mass is 428 g/mol. The maximum Gasteiger partial charge on any atom is 0.175 e. The summed E-state index contributed by atoms with van der Waals surface area (Å²) in [5, 5.41) is 16.2. The number of nitrogens with one attached hydrogen (secondary N) is 4. The smallest absolute Gasteiger partial charge is 0.175 e. The molecule has 0 spiro atoms. The summed E-state index contributed by atoms with van der Waals surface area (Å²) in [6, 6.07) is 31.8. The molecule has 0 radical (unpaired) electrons. The maximum atomic E-state index is 5.52. The highest BCUT2D eigenvalue weighted by Crippen LogP contribution is 2.31. The van der Waals surface area contributed by atoms with Crippen molar-refractivity contribution in [2.24, 2.45) is 0 Å². The Balaban J connectivity index is 1.57. The predicted molar refractivity (Wildman–Crippen MR) is 137 cm³/mol. The molecule has 0 aromatic heterocycles. The van der Waals surface area contributed by atoms with E-state index in [-0.39, 0.29) is 0 Å². The Labute approximate surface area is 186 Å². The molecule has 0 aliphatic rings. The molecule has 0 heterocycles. The van der Waals surface area contributed by atoms with E-state index in [9.17, 15) is 0 Å². The highest BCUT2D eigenvalue weighted by atomic mass is 32.1. The highest BCUT2D eigenvalue weighted by Gasteiger charge is 2.09. The molecule has 4 rings (SSSR count). The van der Waals surface area contributed by atoms with Gasteiger partial charge in [0.2, 0.25) is 0 Å². The van der Waals surface area contributed by atoms with Crippen molar-refractivity contribution in [1.29, 1.82) is 0 Å².